The predicted octanol–water partition coefficient (Wildman–Crippen LogP) is 2.11. The van der Waals surface area contributed by atoms with Crippen molar-refractivity contribution in [2.45, 2.75) is 11.3 Å². The van der Waals surface area contributed by atoms with Gasteiger partial charge in [0, 0.05) is 69.5 Å². The third kappa shape index (κ3) is 2.94. The summed E-state index contributed by atoms with van der Waals surface area (Å²) >= 11 is 0. The number of hydrogen-bond acceptors (Lipinski definition) is 5. The van der Waals surface area contributed by atoms with Gasteiger partial charge in [-0.1, -0.05) is 0 Å². The van der Waals surface area contributed by atoms with E-state index in [9.17, 15) is 13.5 Å². The van der Waals surface area contributed by atoms with Gasteiger partial charge in [0.05, 0.1) is 0 Å². The largest absolute Gasteiger partial charge is 0.504 e. The van der Waals surface area contributed by atoms with Gasteiger partial charge in [0.15, 0.2) is 5.75 Å². The fraction of sp³-hybridized carbons (Fsp3) is 0.188. The minimum atomic E-state index is -3.74. The molecule has 2 heterocycles. The molecule has 0 aliphatic rings. The Balaban J connectivity index is 0.00000208. The van der Waals surface area contributed by atoms with Crippen LogP contribution >= 0.6 is 0 Å². The number of phenols is 1. The van der Waals surface area contributed by atoms with E-state index in [2.05, 4.69) is 16.9 Å². The number of hydrogen-bond donors (Lipinski definition) is 1. The molecule has 0 aliphatic carbocycles. The summed E-state index contributed by atoms with van der Waals surface area (Å²) in [5.74, 6) is -0.122. The van der Waals surface area contributed by atoms with E-state index < -0.39 is 10.0 Å². The molecule has 123 valence electrons. The Labute approximate surface area is 165 Å². The maximum atomic E-state index is 12.8. The molecule has 0 amide bonds. The number of fused-ring (bicyclic) bond motifs is 2. The van der Waals surface area contributed by atoms with Crippen LogP contribution in [-0.4, -0.2) is 41.9 Å². The number of nitrogens with zero attached hydrogens (tertiary/aromatic N) is 3. The fourth-order valence-corrected chi connectivity index (χ4v) is 3.75. The van der Waals surface area contributed by atoms with Crippen molar-refractivity contribution in [1.82, 2.24) is 14.3 Å². The molecule has 0 saturated heterocycles. The van der Waals surface area contributed by atoms with Crippen LogP contribution in [0.15, 0.2) is 35.4 Å². The van der Waals surface area contributed by atoms with E-state index in [4.69, 9.17) is 0 Å². The minimum absolute atomic E-state index is 0. The van der Waals surface area contributed by atoms with Gasteiger partial charge < -0.3 is 12.0 Å². The van der Waals surface area contributed by atoms with Crippen molar-refractivity contribution >= 4 is 31.8 Å². The van der Waals surface area contributed by atoms with Gasteiger partial charge in [0.2, 0.25) is 10.0 Å². The second-order valence-electron chi connectivity index (χ2n) is 5.31. The zero-order chi connectivity index (χ0) is 16.8. The molecular formula is C16H16N3O3SY-. The van der Waals surface area contributed by atoms with Crippen molar-refractivity contribution in [1.29, 1.82) is 0 Å². The fourth-order valence-electron chi connectivity index (χ4n) is 2.50. The van der Waals surface area contributed by atoms with Gasteiger partial charge >= 0.3 is 0 Å². The number of sulfonamides is 1. The van der Waals surface area contributed by atoms with Gasteiger partial charge in [0.25, 0.3) is 0 Å². The smallest absolute Gasteiger partial charge is 0.243 e. The van der Waals surface area contributed by atoms with Crippen molar-refractivity contribution < 1.29 is 46.2 Å². The summed E-state index contributed by atoms with van der Waals surface area (Å²) in [4.78, 5) is 8.57. The number of benzene rings is 1. The normalized spacial score (nSPS) is 11.8. The van der Waals surface area contributed by atoms with Gasteiger partial charge in [-0.15, -0.1) is 6.42 Å². The Hall–Kier alpha value is -1.15. The van der Waals surface area contributed by atoms with Gasteiger partial charge in [-0.2, -0.15) is 0 Å². The summed E-state index contributed by atoms with van der Waals surface area (Å²) in [7, 11) is -0.807. The first-order valence-corrected chi connectivity index (χ1v) is 8.43. The second-order valence-corrected chi connectivity index (χ2v) is 7.40. The van der Waals surface area contributed by atoms with Crippen LogP contribution < -0.4 is 0 Å². The van der Waals surface area contributed by atoms with E-state index in [1.807, 2.05) is 0 Å². The van der Waals surface area contributed by atoms with Gasteiger partial charge in [-0.25, -0.2) is 12.7 Å². The molecule has 0 bridgehead atoms. The third-order valence-electron chi connectivity index (χ3n) is 3.69. The molecule has 0 saturated carbocycles. The predicted molar refractivity (Wildman–Crippen MR) is 88.6 cm³/mol. The standard InChI is InChI=1S/C16H16N3O3S.Y/c1-4-10-7-8-12-14(18-10)15(20)13-11(6-5-9-17-13)16(12)23(21,22)19(2)3;/h5-9,20H,1,4H2,2-3H3;/q-1;. The molecule has 6 nitrogen and oxygen atoms in total. The van der Waals surface area contributed by atoms with E-state index in [1.165, 1.54) is 20.3 Å². The number of pyridine rings is 2. The summed E-state index contributed by atoms with van der Waals surface area (Å²) in [6.45, 7) is 3.77. The van der Waals surface area contributed by atoms with Crippen LogP contribution in [0, 0.1) is 6.92 Å². The molecule has 2 aromatic heterocycles. The third-order valence-corrected chi connectivity index (χ3v) is 5.61. The Morgan fingerprint density at radius 3 is 2.46 bits per heavy atom. The molecule has 0 spiro atoms. The zero-order valence-corrected chi connectivity index (χ0v) is 17.0. The first-order chi connectivity index (χ1) is 10.9. The van der Waals surface area contributed by atoms with Gasteiger partial charge in [-0.05, 0) is 24.3 Å². The first-order valence-electron chi connectivity index (χ1n) is 6.99. The van der Waals surface area contributed by atoms with Crippen molar-refractivity contribution in [3.05, 3.63) is 43.1 Å². The quantitative estimate of drug-likeness (QED) is 0.520. The van der Waals surface area contributed by atoms with Gasteiger partial charge in [0.1, 0.15) is 15.9 Å². The average Bonchev–Trinajstić information content (AvgIpc) is 2.54. The van der Waals surface area contributed by atoms with Crippen molar-refractivity contribution in [2.75, 3.05) is 14.1 Å². The molecule has 0 atom stereocenters. The summed E-state index contributed by atoms with van der Waals surface area (Å²) in [5.41, 5.74) is 1.10. The zero-order valence-electron chi connectivity index (χ0n) is 13.4. The van der Waals surface area contributed by atoms with Crippen LogP contribution in [0.5, 0.6) is 5.75 Å². The van der Waals surface area contributed by atoms with Crippen LogP contribution in [0.25, 0.3) is 21.8 Å². The number of aromatic hydroxyl groups is 1. The molecule has 0 unspecified atom stereocenters. The summed E-state index contributed by atoms with van der Waals surface area (Å²) < 4.78 is 26.7. The van der Waals surface area contributed by atoms with Crippen molar-refractivity contribution in [3.63, 3.8) is 0 Å². The second kappa shape index (κ2) is 7.00. The summed E-state index contributed by atoms with van der Waals surface area (Å²) in [5, 5.41) is 11.2. The van der Waals surface area contributed by atoms with Crippen molar-refractivity contribution in [2.24, 2.45) is 0 Å². The van der Waals surface area contributed by atoms with E-state index in [0.717, 1.165) is 4.31 Å². The number of aromatic nitrogens is 2. The van der Waals surface area contributed by atoms with Crippen LogP contribution in [0.2, 0.25) is 0 Å². The molecule has 1 N–H and O–H groups in total. The Morgan fingerprint density at radius 2 is 1.83 bits per heavy atom. The topological polar surface area (TPSA) is 83.4 Å². The van der Waals surface area contributed by atoms with Crippen LogP contribution in [0.1, 0.15) is 5.69 Å². The monoisotopic (exact) mass is 419 g/mol. The average molecular weight is 419 g/mol. The van der Waals surface area contributed by atoms with Crippen LogP contribution in [-0.2, 0) is 49.2 Å². The summed E-state index contributed by atoms with van der Waals surface area (Å²) in [6, 6.07) is 6.64. The maximum Gasteiger partial charge on any atom is 0.243 e. The Morgan fingerprint density at radius 1 is 1.17 bits per heavy atom. The first kappa shape index (κ1) is 19.2. The molecule has 3 aromatic rings. The number of rotatable bonds is 3. The molecule has 3 rings (SSSR count). The molecule has 1 radical (unpaired) electrons. The Bertz CT molecular complexity index is 1020. The van der Waals surface area contributed by atoms with Crippen LogP contribution in [0.3, 0.4) is 0 Å². The molecule has 24 heavy (non-hydrogen) atoms. The van der Waals surface area contributed by atoms with E-state index in [0.29, 0.717) is 22.9 Å². The molecule has 1 aromatic carbocycles. The van der Waals surface area contributed by atoms with Gasteiger partial charge in [-0.3, -0.25) is 9.97 Å². The Kier molecular flexibility index (Phi) is 5.59. The minimum Gasteiger partial charge on any atom is -0.504 e. The SMILES string of the molecule is [CH2-]Cc1ccc2c(S(=O)(=O)N(C)C)c3cccnc3c(O)c2n1.[Y]. The maximum absolute atomic E-state index is 12.8. The summed E-state index contributed by atoms with van der Waals surface area (Å²) in [6.07, 6.45) is 1.94. The molecule has 0 fully saturated rings. The van der Waals surface area contributed by atoms with Crippen LogP contribution in [0.4, 0.5) is 0 Å². The van der Waals surface area contributed by atoms with E-state index in [-0.39, 0.29) is 54.4 Å². The molecule has 0 aliphatic heterocycles. The van der Waals surface area contributed by atoms with E-state index in [1.54, 1.807) is 24.3 Å². The van der Waals surface area contributed by atoms with E-state index >= 15 is 0 Å². The molecular weight excluding hydrogens is 403 g/mol. The number of phenolic OH excluding ortho intramolecular Hbond substituents is 1. The molecule has 8 heteroatoms. The van der Waals surface area contributed by atoms with Crippen molar-refractivity contribution in [3.8, 4) is 5.75 Å².